The molecule has 0 radical (unpaired) electrons. The molecule has 1 saturated heterocycles. The van der Waals surface area contributed by atoms with Crippen molar-refractivity contribution >= 4 is 57.8 Å². The maximum atomic E-state index is 12.7. The molecule has 4 rings (SSSR count). The van der Waals surface area contributed by atoms with Crippen LogP contribution in [0.5, 0.6) is 0 Å². The molecule has 144 valence electrons. The molecule has 2 aliphatic rings. The van der Waals surface area contributed by atoms with Gasteiger partial charge in [-0.2, -0.15) is 0 Å². The minimum atomic E-state index is -0.539. The molecule has 2 aromatic rings. The number of thiophene rings is 1. The zero-order valence-electron chi connectivity index (χ0n) is 14.8. The van der Waals surface area contributed by atoms with Crippen molar-refractivity contribution in [3.8, 4) is 0 Å². The Morgan fingerprint density at radius 1 is 1.25 bits per heavy atom. The highest BCUT2D eigenvalue weighted by atomic mass is 35.5. The minimum Gasteiger partial charge on any atom is -0.354 e. The minimum absolute atomic E-state index is 0.0872. The van der Waals surface area contributed by atoms with Gasteiger partial charge in [-0.15, -0.1) is 11.3 Å². The van der Waals surface area contributed by atoms with Crippen molar-refractivity contribution in [1.29, 1.82) is 0 Å². The summed E-state index contributed by atoms with van der Waals surface area (Å²) in [6.07, 6.45) is 3.26. The summed E-state index contributed by atoms with van der Waals surface area (Å²) in [5.41, 5.74) is 0.366. The number of nitrogens with one attached hydrogen (secondary N) is 1. The molecule has 1 saturated carbocycles. The van der Waals surface area contributed by atoms with Gasteiger partial charge in [0.15, 0.2) is 0 Å². The van der Waals surface area contributed by atoms with Gasteiger partial charge in [0.05, 0.1) is 10.3 Å². The van der Waals surface area contributed by atoms with E-state index in [4.69, 9.17) is 11.6 Å². The van der Waals surface area contributed by atoms with Gasteiger partial charge in [0.2, 0.25) is 5.91 Å². The first-order chi connectivity index (χ1) is 13.5. The van der Waals surface area contributed by atoms with E-state index in [0.29, 0.717) is 9.93 Å². The third-order valence-electron chi connectivity index (χ3n) is 4.87. The van der Waals surface area contributed by atoms with Crippen LogP contribution in [0.3, 0.4) is 0 Å². The Labute approximate surface area is 175 Å². The van der Waals surface area contributed by atoms with E-state index in [-0.39, 0.29) is 30.1 Å². The summed E-state index contributed by atoms with van der Waals surface area (Å²) in [7, 11) is 0. The van der Waals surface area contributed by atoms with Gasteiger partial charge in [0.25, 0.3) is 11.1 Å². The third kappa shape index (κ3) is 3.74. The average Bonchev–Trinajstić information content (AvgIpc) is 3.26. The summed E-state index contributed by atoms with van der Waals surface area (Å²) < 4.78 is 0. The molecule has 8 heteroatoms. The second-order valence-corrected chi connectivity index (χ2v) is 9.11. The first-order valence-corrected chi connectivity index (χ1v) is 10.9. The van der Waals surface area contributed by atoms with Crippen molar-refractivity contribution in [3.63, 3.8) is 0 Å². The molecule has 0 atom stereocenters. The predicted molar refractivity (Wildman–Crippen MR) is 112 cm³/mol. The Morgan fingerprint density at radius 3 is 2.75 bits per heavy atom. The van der Waals surface area contributed by atoms with Crippen LogP contribution in [0.25, 0.3) is 6.08 Å². The lowest BCUT2D eigenvalue weighted by molar-refractivity contribution is -0.125. The molecule has 3 amide bonds. The van der Waals surface area contributed by atoms with E-state index in [2.05, 4.69) is 5.32 Å². The highest BCUT2D eigenvalue weighted by Crippen LogP contribution is 2.48. The Hall–Kier alpha value is -2.09. The second kappa shape index (κ2) is 7.73. The lowest BCUT2D eigenvalue weighted by Gasteiger charge is -2.18. The lowest BCUT2D eigenvalue weighted by atomic mass is 9.95. The largest absolute Gasteiger partial charge is 0.354 e. The topological polar surface area (TPSA) is 66.5 Å². The summed E-state index contributed by atoms with van der Waals surface area (Å²) in [4.78, 5) is 39.9. The fourth-order valence-electron chi connectivity index (χ4n) is 3.20. The van der Waals surface area contributed by atoms with Crippen molar-refractivity contribution in [1.82, 2.24) is 10.2 Å². The van der Waals surface area contributed by atoms with E-state index in [1.165, 1.54) is 16.2 Å². The van der Waals surface area contributed by atoms with E-state index in [1.54, 1.807) is 12.1 Å². The molecule has 0 spiro atoms. The number of imide groups is 1. The van der Waals surface area contributed by atoms with Gasteiger partial charge >= 0.3 is 0 Å². The molecule has 0 bridgehead atoms. The number of thioether (sulfide) groups is 1. The molecule has 2 heterocycles. The average molecular weight is 433 g/mol. The SMILES string of the molecule is O=C1S/C(=C\c2cccs2)C(=O)N1CCNC(=O)C1(c2cccc(Cl)c2)CC1. The molecule has 5 nitrogen and oxygen atoms in total. The quantitative estimate of drug-likeness (QED) is 0.691. The predicted octanol–water partition coefficient (Wildman–Crippen LogP) is 4.29. The number of nitrogens with zero attached hydrogens (tertiary/aromatic N) is 1. The summed E-state index contributed by atoms with van der Waals surface area (Å²) in [6, 6.07) is 11.1. The molecule has 2 fully saturated rings. The number of halogens is 1. The molecular weight excluding hydrogens is 416 g/mol. The molecule has 1 aromatic heterocycles. The van der Waals surface area contributed by atoms with Gasteiger partial charge in [-0.3, -0.25) is 19.3 Å². The van der Waals surface area contributed by atoms with Crippen molar-refractivity contribution in [2.45, 2.75) is 18.3 Å². The highest BCUT2D eigenvalue weighted by Gasteiger charge is 2.51. The fourth-order valence-corrected chi connectivity index (χ4v) is 4.98. The number of hydrogen-bond acceptors (Lipinski definition) is 5. The van der Waals surface area contributed by atoms with Gasteiger partial charge in [-0.1, -0.05) is 29.8 Å². The smallest absolute Gasteiger partial charge is 0.293 e. The summed E-state index contributed by atoms with van der Waals surface area (Å²) in [6.45, 7) is 0.384. The number of amides is 3. The van der Waals surface area contributed by atoms with E-state index < -0.39 is 5.41 Å². The molecular formula is C20H17ClN2O3S2. The Balaban J connectivity index is 1.36. The van der Waals surface area contributed by atoms with Gasteiger partial charge < -0.3 is 5.32 Å². The van der Waals surface area contributed by atoms with Crippen molar-refractivity contribution in [2.24, 2.45) is 0 Å². The highest BCUT2D eigenvalue weighted by molar-refractivity contribution is 8.18. The number of carbonyl (C=O) groups excluding carboxylic acids is 3. The Morgan fingerprint density at radius 2 is 2.07 bits per heavy atom. The van der Waals surface area contributed by atoms with Crippen LogP contribution in [-0.2, 0) is 15.0 Å². The molecule has 1 aromatic carbocycles. The standard InChI is InChI=1S/C20H17ClN2O3S2/c21-14-4-1-3-13(11-14)20(6-7-20)18(25)22-8-9-23-17(24)16(28-19(23)26)12-15-5-2-10-27-15/h1-5,10-12H,6-9H2,(H,22,25)/b16-12-. The zero-order valence-corrected chi connectivity index (χ0v) is 17.2. The number of carbonyl (C=O) groups is 3. The fraction of sp³-hybridized carbons (Fsp3) is 0.250. The first-order valence-electron chi connectivity index (χ1n) is 8.83. The molecule has 0 unspecified atom stereocenters. The van der Waals surface area contributed by atoms with Gasteiger partial charge in [0.1, 0.15) is 0 Å². The maximum absolute atomic E-state index is 12.7. The molecule has 1 aliphatic heterocycles. The van der Waals surface area contributed by atoms with Crippen molar-refractivity contribution in [3.05, 3.63) is 62.1 Å². The van der Waals surface area contributed by atoms with Crippen LogP contribution in [-0.4, -0.2) is 35.0 Å². The molecule has 1 N–H and O–H groups in total. The zero-order chi connectivity index (χ0) is 19.7. The Bertz CT molecular complexity index is 968. The van der Waals surface area contributed by atoms with Crippen LogP contribution in [0.15, 0.2) is 46.7 Å². The van der Waals surface area contributed by atoms with Crippen LogP contribution in [0.1, 0.15) is 23.3 Å². The number of rotatable bonds is 6. The summed E-state index contributed by atoms with van der Waals surface area (Å²) in [5.74, 6) is -0.399. The van der Waals surface area contributed by atoms with Crippen LogP contribution in [0.2, 0.25) is 5.02 Å². The van der Waals surface area contributed by atoms with E-state index in [1.807, 2.05) is 35.7 Å². The maximum Gasteiger partial charge on any atom is 0.293 e. The van der Waals surface area contributed by atoms with Crippen LogP contribution in [0.4, 0.5) is 4.79 Å². The third-order valence-corrected chi connectivity index (χ3v) is 6.83. The molecule has 28 heavy (non-hydrogen) atoms. The van der Waals surface area contributed by atoms with Crippen molar-refractivity contribution in [2.75, 3.05) is 13.1 Å². The first kappa shape index (κ1) is 19.2. The second-order valence-electron chi connectivity index (χ2n) is 6.70. The lowest BCUT2D eigenvalue weighted by Crippen LogP contribution is -2.41. The van der Waals surface area contributed by atoms with Crippen LogP contribution >= 0.6 is 34.7 Å². The summed E-state index contributed by atoms with van der Waals surface area (Å²) >= 11 is 8.49. The van der Waals surface area contributed by atoms with E-state index >= 15 is 0 Å². The van der Waals surface area contributed by atoms with E-state index in [9.17, 15) is 14.4 Å². The van der Waals surface area contributed by atoms with Gasteiger partial charge in [-0.05, 0) is 59.8 Å². The normalized spacial score (nSPS) is 19.3. The molecule has 1 aliphatic carbocycles. The van der Waals surface area contributed by atoms with Crippen molar-refractivity contribution < 1.29 is 14.4 Å². The monoisotopic (exact) mass is 432 g/mol. The van der Waals surface area contributed by atoms with Gasteiger partial charge in [-0.25, -0.2) is 0 Å². The van der Waals surface area contributed by atoms with E-state index in [0.717, 1.165) is 35.0 Å². The summed E-state index contributed by atoms with van der Waals surface area (Å²) in [5, 5.41) is 5.09. The van der Waals surface area contributed by atoms with Gasteiger partial charge in [0, 0.05) is 23.0 Å². The van der Waals surface area contributed by atoms with Crippen LogP contribution in [0, 0.1) is 0 Å². The van der Waals surface area contributed by atoms with Crippen LogP contribution < -0.4 is 5.32 Å². The Kier molecular flexibility index (Phi) is 5.31. The number of benzene rings is 1. The number of hydrogen-bond donors (Lipinski definition) is 1.